The van der Waals surface area contributed by atoms with Crippen LogP contribution in [-0.4, -0.2) is 59.9 Å². The third-order valence-electron chi connectivity index (χ3n) is 6.83. The van der Waals surface area contributed by atoms with Crippen molar-refractivity contribution in [2.45, 2.75) is 71.8 Å². The number of nitrogens with one attached hydrogen (secondary N) is 2. The fraction of sp³-hybridized carbons (Fsp3) is 0.444. The first-order chi connectivity index (χ1) is 18.8. The minimum Gasteiger partial charge on any atom is -0.465 e. The highest BCUT2D eigenvalue weighted by atomic mass is 19.4. The highest BCUT2D eigenvalue weighted by Crippen LogP contribution is 2.35. The average Bonchev–Trinajstić information content (AvgIpc) is 3.57. The van der Waals surface area contributed by atoms with E-state index in [-0.39, 0.29) is 18.8 Å². The van der Waals surface area contributed by atoms with Crippen LogP contribution in [0.3, 0.4) is 0 Å². The molecule has 0 aliphatic rings. The first-order valence-corrected chi connectivity index (χ1v) is 12.8. The number of rotatable bonds is 12. The van der Waals surface area contributed by atoms with Crippen LogP contribution in [0.5, 0.6) is 0 Å². The fourth-order valence-corrected chi connectivity index (χ4v) is 4.92. The Hall–Kier alpha value is -4.16. The number of aromatic nitrogens is 4. The van der Waals surface area contributed by atoms with E-state index >= 15 is 0 Å². The van der Waals surface area contributed by atoms with Crippen molar-refractivity contribution in [1.82, 2.24) is 24.9 Å². The number of amides is 2. The number of carbonyl (C=O) groups is 3. The summed E-state index contributed by atoms with van der Waals surface area (Å²) in [7, 11) is 0. The van der Waals surface area contributed by atoms with Gasteiger partial charge in [0, 0.05) is 12.3 Å². The molecule has 40 heavy (non-hydrogen) atoms. The van der Waals surface area contributed by atoms with Gasteiger partial charge in [0.25, 0.3) is 5.91 Å². The molecule has 3 rings (SSSR count). The van der Waals surface area contributed by atoms with Gasteiger partial charge < -0.3 is 10.4 Å². The average molecular weight is 563 g/mol. The van der Waals surface area contributed by atoms with Crippen LogP contribution in [0.4, 0.5) is 23.8 Å². The summed E-state index contributed by atoms with van der Waals surface area (Å²) in [5.41, 5.74) is -0.771. The molecular formula is C27H33F3N6O4. The van der Waals surface area contributed by atoms with Gasteiger partial charge in [0.15, 0.2) is 0 Å². The number of ketones is 1. The zero-order valence-corrected chi connectivity index (χ0v) is 22.7. The van der Waals surface area contributed by atoms with Crippen molar-refractivity contribution in [2.75, 3.05) is 5.32 Å². The van der Waals surface area contributed by atoms with Gasteiger partial charge in [-0.2, -0.15) is 23.4 Å². The van der Waals surface area contributed by atoms with Crippen molar-refractivity contribution in [3.8, 4) is 11.3 Å². The summed E-state index contributed by atoms with van der Waals surface area (Å²) in [6.07, 6.45) is -1.64. The van der Waals surface area contributed by atoms with Gasteiger partial charge in [-0.25, -0.2) is 4.79 Å². The zero-order chi connectivity index (χ0) is 29.7. The van der Waals surface area contributed by atoms with Crippen LogP contribution < -0.4 is 5.32 Å². The summed E-state index contributed by atoms with van der Waals surface area (Å²) in [6, 6.07) is 5.52. The van der Waals surface area contributed by atoms with Crippen LogP contribution in [0.25, 0.3) is 11.3 Å². The molecule has 2 atom stereocenters. The molecule has 13 heteroatoms. The van der Waals surface area contributed by atoms with E-state index in [9.17, 15) is 32.7 Å². The molecule has 0 spiro atoms. The number of hydrogen-bond donors (Lipinski definition) is 3. The lowest BCUT2D eigenvalue weighted by molar-refractivity contribution is -0.141. The molecule has 2 aromatic heterocycles. The number of carbonyl (C=O) groups excluding carboxylic acids is 2. The number of nitrogens with zero attached hydrogens (tertiary/aromatic N) is 4. The Morgan fingerprint density at radius 3 is 2.27 bits per heavy atom. The molecule has 0 saturated carbocycles. The molecule has 0 unspecified atom stereocenters. The van der Waals surface area contributed by atoms with Crippen molar-refractivity contribution in [3.05, 3.63) is 54.4 Å². The third-order valence-corrected chi connectivity index (χ3v) is 6.83. The minimum absolute atomic E-state index is 0.000306. The van der Waals surface area contributed by atoms with Crippen LogP contribution in [0, 0.1) is 5.41 Å². The second kappa shape index (κ2) is 12.3. The number of anilines is 1. The van der Waals surface area contributed by atoms with E-state index in [0.717, 1.165) is 17.0 Å². The maximum atomic E-state index is 13.6. The molecule has 2 amide bonds. The predicted octanol–water partition coefficient (Wildman–Crippen LogP) is 5.45. The summed E-state index contributed by atoms with van der Waals surface area (Å²) in [4.78, 5) is 40.3. The molecule has 2 heterocycles. The zero-order valence-electron chi connectivity index (χ0n) is 22.7. The summed E-state index contributed by atoms with van der Waals surface area (Å²) < 4.78 is 40.6. The van der Waals surface area contributed by atoms with Gasteiger partial charge in [-0.15, -0.1) is 0 Å². The second-order valence-corrected chi connectivity index (χ2v) is 10.2. The number of benzene rings is 1. The van der Waals surface area contributed by atoms with Gasteiger partial charge in [-0.3, -0.25) is 24.3 Å². The fourth-order valence-electron chi connectivity index (χ4n) is 4.92. The lowest BCUT2D eigenvalue weighted by atomic mass is 9.76. The molecule has 0 fully saturated rings. The first kappa shape index (κ1) is 30.4. The Labute approximate surface area is 229 Å². The first-order valence-electron chi connectivity index (χ1n) is 12.8. The molecule has 0 aliphatic heterocycles. The molecule has 216 valence electrons. The number of H-pyrrole nitrogens is 1. The van der Waals surface area contributed by atoms with E-state index in [1.807, 2.05) is 6.92 Å². The maximum Gasteiger partial charge on any atom is 0.416 e. The summed E-state index contributed by atoms with van der Waals surface area (Å²) in [6.45, 7) is 7.14. The Balaban J connectivity index is 1.97. The molecule has 0 aliphatic carbocycles. The normalized spacial score (nSPS) is 13.5. The van der Waals surface area contributed by atoms with Crippen molar-refractivity contribution < 1.29 is 32.7 Å². The van der Waals surface area contributed by atoms with Crippen molar-refractivity contribution in [1.29, 1.82) is 0 Å². The van der Waals surface area contributed by atoms with E-state index in [1.165, 1.54) is 35.3 Å². The van der Waals surface area contributed by atoms with Gasteiger partial charge >= 0.3 is 12.3 Å². The third kappa shape index (κ3) is 6.88. The summed E-state index contributed by atoms with van der Waals surface area (Å²) in [5, 5.41) is 23.4. The lowest BCUT2D eigenvalue weighted by Crippen LogP contribution is -2.59. The van der Waals surface area contributed by atoms with Gasteiger partial charge in [0.05, 0.1) is 30.0 Å². The largest absolute Gasteiger partial charge is 0.465 e. The van der Waals surface area contributed by atoms with Crippen LogP contribution in [0.2, 0.25) is 0 Å². The minimum atomic E-state index is -4.48. The standard InChI is InChI=1S/C27H33F3N6O4/c1-5-13-26(3,4)23(22(37)24(38)33-21-12-14-31-34-21)36(25(39)40)19(6-2)16-35-20(11-15-32-35)17-7-9-18(10-8-17)27(28,29)30/h7-12,14-15,19,23H,5-6,13,16H2,1-4H3,(H,39,40)(H2,31,33,34,38)/t19-,23+/m0/s1. The topological polar surface area (TPSA) is 133 Å². The Bertz CT molecular complexity index is 1300. The van der Waals surface area contributed by atoms with E-state index in [0.29, 0.717) is 24.1 Å². The predicted molar refractivity (Wildman–Crippen MR) is 141 cm³/mol. The smallest absolute Gasteiger partial charge is 0.416 e. The van der Waals surface area contributed by atoms with Gasteiger partial charge in [0.1, 0.15) is 11.9 Å². The highest BCUT2D eigenvalue weighted by molar-refractivity contribution is 6.42. The maximum absolute atomic E-state index is 13.6. The van der Waals surface area contributed by atoms with Crippen molar-refractivity contribution in [3.63, 3.8) is 0 Å². The Morgan fingerprint density at radius 1 is 1.07 bits per heavy atom. The number of halogens is 3. The Kier molecular flexibility index (Phi) is 9.38. The second-order valence-electron chi connectivity index (χ2n) is 10.2. The molecule has 3 N–H and O–H groups in total. The van der Waals surface area contributed by atoms with Gasteiger partial charge in [-0.1, -0.05) is 46.2 Å². The van der Waals surface area contributed by atoms with Crippen molar-refractivity contribution in [2.24, 2.45) is 5.41 Å². The number of hydrogen-bond acceptors (Lipinski definition) is 5. The monoisotopic (exact) mass is 562 g/mol. The van der Waals surface area contributed by atoms with E-state index in [4.69, 9.17) is 0 Å². The van der Waals surface area contributed by atoms with Crippen LogP contribution in [0.15, 0.2) is 48.8 Å². The summed E-state index contributed by atoms with van der Waals surface area (Å²) in [5.74, 6) is -1.71. The van der Waals surface area contributed by atoms with E-state index in [1.54, 1.807) is 26.8 Å². The van der Waals surface area contributed by atoms with Gasteiger partial charge in [-0.05, 0) is 42.0 Å². The Morgan fingerprint density at radius 2 is 1.75 bits per heavy atom. The molecular weight excluding hydrogens is 529 g/mol. The van der Waals surface area contributed by atoms with Crippen molar-refractivity contribution >= 4 is 23.6 Å². The SMILES string of the molecule is CCCC(C)(C)[C@@H](C(=O)C(=O)Nc1ccn[nH]1)N(C(=O)O)[C@@H](CC)Cn1nccc1-c1ccc(C(F)(F)F)cc1. The molecule has 0 radical (unpaired) electrons. The van der Waals surface area contributed by atoms with Crippen LogP contribution in [-0.2, 0) is 22.3 Å². The van der Waals surface area contributed by atoms with E-state index in [2.05, 4.69) is 20.6 Å². The van der Waals surface area contributed by atoms with E-state index < -0.39 is 47.0 Å². The summed E-state index contributed by atoms with van der Waals surface area (Å²) >= 11 is 0. The quantitative estimate of drug-likeness (QED) is 0.251. The molecule has 3 aromatic rings. The number of Topliss-reactive ketones (excluding diaryl/α,β-unsaturated/α-hetero) is 1. The molecule has 0 bridgehead atoms. The number of alkyl halides is 3. The molecule has 1 aromatic carbocycles. The van der Waals surface area contributed by atoms with Crippen LogP contribution in [0.1, 0.15) is 52.5 Å². The molecule has 10 nitrogen and oxygen atoms in total. The number of carboxylic acid groups (broad SMARTS) is 1. The lowest BCUT2D eigenvalue weighted by Gasteiger charge is -2.43. The van der Waals surface area contributed by atoms with Crippen LogP contribution >= 0.6 is 0 Å². The van der Waals surface area contributed by atoms with Gasteiger partial charge in [0.2, 0.25) is 5.78 Å². The highest BCUT2D eigenvalue weighted by Gasteiger charge is 2.46. The number of aromatic amines is 1. The molecule has 0 saturated heterocycles.